The third kappa shape index (κ3) is 4.84. The number of hydrogen-bond acceptors (Lipinski definition) is 5. The zero-order chi connectivity index (χ0) is 18.0. The molecule has 5 nitrogen and oxygen atoms in total. The molecule has 1 saturated heterocycles. The number of nitrogens with two attached hydrogens (primary N) is 1. The predicted molar refractivity (Wildman–Crippen MR) is 92.0 cm³/mol. The van der Waals surface area contributed by atoms with Gasteiger partial charge in [-0.15, -0.1) is 0 Å². The van der Waals surface area contributed by atoms with Gasteiger partial charge in [0.2, 0.25) is 0 Å². The van der Waals surface area contributed by atoms with Gasteiger partial charge in [-0.05, 0) is 33.8 Å². The van der Waals surface area contributed by atoms with Crippen molar-refractivity contribution in [1.29, 1.82) is 0 Å². The Labute approximate surface area is 142 Å². The molecule has 0 saturated carbocycles. The first-order valence-corrected chi connectivity index (χ1v) is 7.90. The quantitative estimate of drug-likeness (QED) is 0.581. The Morgan fingerprint density at radius 1 is 1.46 bits per heavy atom. The van der Waals surface area contributed by atoms with Gasteiger partial charge in [-0.3, -0.25) is 0 Å². The summed E-state index contributed by atoms with van der Waals surface area (Å²) in [5.41, 5.74) is 6.25. The molecule has 1 unspecified atom stereocenters. The molecule has 4 N–H and O–H groups in total. The highest BCUT2D eigenvalue weighted by molar-refractivity contribution is 5.65. The van der Waals surface area contributed by atoms with Crippen molar-refractivity contribution in [1.82, 2.24) is 0 Å². The van der Waals surface area contributed by atoms with Gasteiger partial charge in [0.05, 0.1) is 24.6 Å². The van der Waals surface area contributed by atoms with Crippen molar-refractivity contribution in [3.8, 4) is 11.8 Å². The fourth-order valence-corrected chi connectivity index (χ4v) is 2.20. The van der Waals surface area contributed by atoms with Crippen LogP contribution in [0.2, 0.25) is 0 Å². The first-order valence-electron chi connectivity index (χ1n) is 7.90. The van der Waals surface area contributed by atoms with Gasteiger partial charge in [0.15, 0.2) is 5.79 Å². The molecule has 1 aromatic rings. The first kappa shape index (κ1) is 18.5. The maximum absolute atomic E-state index is 13.8. The number of aliphatic hydroxyl groups is 1. The van der Waals surface area contributed by atoms with Gasteiger partial charge >= 0.3 is 0 Å². The highest BCUT2D eigenvalue weighted by Crippen LogP contribution is 2.25. The van der Waals surface area contributed by atoms with Gasteiger partial charge in [0.1, 0.15) is 11.9 Å². The topological polar surface area (TPSA) is 76.7 Å². The van der Waals surface area contributed by atoms with Crippen molar-refractivity contribution in [3.63, 3.8) is 0 Å². The summed E-state index contributed by atoms with van der Waals surface area (Å²) in [5.74, 6) is 4.84. The molecule has 0 aromatic heterocycles. The first-order chi connectivity index (χ1) is 11.1. The van der Waals surface area contributed by atoms with E-state index in [1.807, 2.05) is 27.7 Å². The average molecular weight is 336 g/mol. The average Bonchev–Trinajstić information content (AvgIpc) is 2.86. The molecule has 1 aromatic carbocycles. The molecule has 0 radical (unpaired) electrons. The minimum Gasteiger partial charge on any atom is -0.396 e. The summed E-state index contributed by atoms with van der Waals surface area (Å²) in [6.45, 7) is 8.22. The molecular formula is C18H25FN2O3. The fourth-order valence-electron chi connectivity index (χ4n) is 2.20. The number of hydrogen-bond donors (Lipinski definition) is 3. The molecule has 6 heteroatoms. The molecule has 1 aliphatic heterocycles. The second-order valence-electron chi connectivity index (χ2n) is 7.04. The number of halogens is 1. The minimum absolute atomic E-state index is 0.0354. The lowest BCUT2D eigenvalue weighted by atomic mass is 9.95. The Bertz CT molecular complexity index is 662. The van der Waals surface area contributed by atoms with Crippen LogP contribution in [0.5, 0.6) is 0 Å². The van der Waals surface area contributed by atoms with E-state index in [0.29, 0.717) is 24.4 Å². The van der Waals surface area contributed by atoms with Gasteiger partial charge < -0.3 is 25.6 Å². The van der Waals surface area contributed by atoms with E-state index in [2.05, 4.69) is 17.2 Å². The fraction of sp³-hybridized carbons (Fsp3) is 0.556. The standard InChI is InChI=1S/C18H25FN2O3/c1-17(2,11-22)6-5-12-7-15(20)14(19)8-16(12)21-9-13-10-23-18(3,4)24-13/h7-8,13,21-22H,9-11,20H2,1-4H3. The Kier molecular flexibility index (Phi) is 5.38. The van der Waals surface area contributed by atoms with Crippen molar-refractivity contribution >= 4 is 11.4 Å². The summed E-state index contributed by atoms with van der Waals surface area (Å²) >= 11 is 0. The van der Waals surface area contributed by atoms with Gasteiger partial charge in [-0.25, -0.2) is 4.39 Å². The van der Waals surface area contributed by atoms with E-state index in [-0.39, 0.29) is 18.4 Å². The highest BCUT2D eigenvalue weighted by Gasteiger charge is 2.32. The molecule has 24 heavy (non-hydrogen) atoms. The smallest absolute Gasteiger partial charge is 0.163 e. The van der Waals surface area contributed by atoms with Crippen molar-refractivity contribution < 1.29 is 19.0 Å². The number of aliphatic hydroxyl groups excluding tert-OH is 1. The molecule has 0 amide bonds. The molecular weight excluding hydrogens is 311 g/mol. The number of benzene rings is 1. The Hall–Kier alpha value is -1.81. The monoisotopic (exact) mass is 336 g/mol. The third-order valence-electron chi connectivity index (χ3n) is 3.66. The van der Waals surface area contributed by atoms with Crippen LogP contribution in [0.1, 0.15) is 33.3 Å². The largest absolute Gasteiger partial charge is 0.396 e. The zero-order valence-electron chi connectivity index (χ0n) is 14.6. The molecule has 0 bridgehead atoms. The van der Waals surface area contributed by atoms with Crippen molar-refractivity contribution in [3.05, 3.63) is 23.5 Å². The highest BCUT2D eigenvalue weighted by atomic mass is 19.1. The van der Waals surface area contributed by atoms with Crippen molar-refractivity contribution in [2.45, 2.75) is 39.6 Å². The van der Waals surface area contributed by atoms with E-state index >= 15 is 0 Å². The minimum atomic E-state index is -0.605. The lowest BCUT2D eigenvalue weighted by Crippen LogP contribution is -2.26. The number of ether oxygens (including phenoxy) is 2. The maximum Gasteiger partial charge on any atom is 0.163 e. The molecule has 132 valence electrons. The van der Waals surface area contributed by atoms with Crippen LogP contribution in [0, 0.1) is 23.1 Å². The SMILES string of the molecule is CC(C)(C#Cc1cc(N)c(F)cc1NCC1COC(C)(C)O1)CO. The van der Waals surface area contributed by atoms with Crippen LogP contribution in [0.15, 0.2) is 12.1 Å². The van der Waals surface area contributed by atoms with Crippen LogP contribution in [0.3, 0.4) is 0 Å². The Balaban J connectivity index is 2.17. The van der Waals surface area contributed by atoms with Crippen LogP contribution >= 0.6 is 0 Å². The van der Waals surface area contributed by atoms with E-state index in [0.717, 1.165) is 0 Å². The van der Waals surface area contributed by atoms with Crippen LogP contribution in [-0.2, 0) is 9.47 Å². The molecule has 0 aliphatic carbocycles. The van der Waals surface area contributed by atoms with Gasteiger partial charge in [0, 0.05) is 23.6 Å². The van der Waals surface area contributed by atoms with E-state index in [1.54, 1.807) is 0 Å². The molecule has 1 heterocycles. The summed E-state index contributed by atoms with van der Waals surface area (Å²) in [7, 11) is 0. The number of nitrogens with one attached hydrogen (secondary N) is 1. The van der Waals surface area contributed by atoms with Crippen molar-refractivity contribution in [2.24, 2.45) is 5.41 Å². The predicted octanol–water partition coefficient (Wildman–Crippen LogP) is 2.34. The summed E-state index contributed by atoms with van der Waals surface area (Å²) in [4.78, 5) is 0. The molecule has 1 atom stereocenters. The van der Waals surface area contributed by atoms with E-state index in [1.165, 1.54) is 12.1 Å². The van der Waals surface area contributed by atoms with Crippen LogP contribution in [-0.4, -0.2) is 36.8 Å². The zero-order valence-corrected chi connectivity index (χ0v) is 14.6. The van der Waals surface area contributed by atoms with Crippen molar-refractivity contribution in [2.75, 3.05) is 30.8 Å². The molecule has 1 aliphatic rings. The Morgan fingerprint density at radius 3 is 2.75 bits per heavy atom. The number of rotatable bonds is 4. The Morgan fingerprint density at radius 2 is 2.17 bits per heavy atom. The van der Waals surface area contributed by atoms with E-state index in [9.17, 15) is 9.50 Å². The van der Waals surface area contributed by atoms with Crippen LogP contribution in [0.4, 0.5) is 15.8 Å². The summed E-state index contributed by atoms with van der Waals surface area (Å²) < 4.78 is 25.0. The van der Waals surface area contributed by atoms with Crippen LogP contribution < -0.4 is 11.1 Å². The lowest BCUT2D eigenvalue weighted by molar-refractivity contribution is -0.136. The number of nitrogen functional groups attached to an aromatic ring is 1. The molecule has 1 fully saturated rings. The maximum atomic E-state index is 13.8. The van der Waals surface area contributed by atoms with Gasteiger partial charge in [-0.1, -0.05) is 11.8 Å². The summed E-state index contributed by atoms with van der Waals surface area (Å²) in [6.07, 6.45) is -0.129. The summed E-state index contributed by atoms with van der Waals surface area (Å²) in [5, 5.41) is 12.5. The second kappa shape index (κ2) is 6.98. The number of anilines is 2. The summed E-state index contributed by atoms with van der Waals surface area (Å²) in [6, 6.07) is 2.82. The van der Waals surface area contributed by atoms with Gasteiger partial charge in [0.25, 0.3) is 0 Å². The van der Waals surface area contributed by atoms with Gasteiger partial charge in [-0.2, -0.15) is 0 Å². The normalized spacial score (nSPS) is 19.7. The molecule has 2 rings (SSSR count). The second-order valence-corrected chi connectivity index (χ2v) is 7.04. The lowest BCUT2D eigenvalue weighted by Gasteiger charge is -2.18. The van der Waals surface area contributed by atoms with E-state index in [4.69, 9.17) is 15.2 Å². The third-order valence-corrected chi connectivity index (χ3v) is 3.66. The molecule has 0 spiro atoms. The van der Waals surface area contributed by atoms with Crippen LogP contribution in [0.25, 0.3) is 0 Å². The van der Waals surface area contributed by atoms with E-state index < -0.39 is 17.0 Å².